The fourth-order valence-corrected chi connectivity index (χ4v) is 2.94. The normalized spacial score (nSPS) is 17.4. The van der Waals surface area contributed by atoms with Gasteiger partial charge in [0.25, 0.3) is 0 Å². The molecule has 1 aromatic heterocycles. The van der Waals surface area contributed by atoms with Crippen molar-refractivity contribution in [2.45, 2.75) is 32.2 Å². The fourth-order valence-electron chi connectivity index (χ4n) is 2.94. The number of aromatic nitrogens is 2. The first-order valence-electron chi connectivity index (χ1n) is 7.23. The van der Waals surface area contributed by atoms with E-state index in [0.29, 0.717) is 5.92 Å². The van der Waals surface area contributed by atoms with Crippen LogP contribution in [0, 0.1) is 0 Å². The molecule has 0 aliphatic carbocycles. The van der Waals surface area contributed by atoms with Crippen molar-refractivity contribution in [3.8, 4) is 22.8 Å². The van der Waals surface area contributed by atoms with Crippen LogP contribution in [-0.4, -0.2) is 23.8 Å². The van der Waals surface area contributed by atoms with Crippen LogP contribution in [0.5, 0.6) is 11.5 Å². The Hall–Kier alpha value is -2.17. The van der Waals surface area contributed by atoms with Crippen molar-refractivity contribution >= 4 is 5.82 Å². The monoisotopic (exact) mass is 287 g/mol. The second kappa shape index (κ2) is 5.31. The molecule has 5 nitrogen and oxygen atoms in total. The smallest absolute Gasteiger partial charge is 0.131 e. The van der Waals surface area contributed by atoms with Crippen LogP contribution < -0.4 is 15.2 Å². The van der Waals surface area contributed by atoms with Gasteiger partial charge in [-0.05, 0) is 25.0 Å². The summed E-state index contributed by atoms with van der Waals surface area (Å²) >= 11 is 0. The summed E-state index contributed by atoms with van der Waals surface area (Å²) in [6.07, 6.45) is 2.31. The third-order valence-corrected chi connectivity index (χ3v) is 4.12. The number of benzene rings is 1. The van der Waals surface area contributed by atoms with E-state index in [1.165, 1.54) is 0 Å². The molecule has 0 radical (unpaired) electrons. The van der Waals surface area contributed by atoms with E-state index in [9.17, 15) is 0 Å². The molecule has 1 atom stereocenters. The van der Waals surface area contributed by atoms with Gasteiger partial charge in [-0.15, -0.1) is 0 Å². The first-order valence-corrected chi connectivity index (χ1v) is 7.23. The van der Waals surface area contributed by atoms with Crippen molar-refractivity contribution in [2.24, 2.45) is 0 Å². The first kappa shape index (κ1) is 13.8. The number of fused-ring (bicyclic) bond motifs is 1. The lowest BCUT2D eigenvalue weighted by molar-refractivity contribution is 0.394. The Morgan fingerprint density at radius 3 is 2.43 bits per heavy atom. The molecule has 2 aromatic rings. The van der Waals surface area contributed by atoms with Gasteiger partial charge in [-0.2, -0.15) is 0 Å². The number of nitrogens with zero attached hydrogens (tertiary/aromatic N) is 2. The summed E-state index contributed by atoms with van der Waals surface area (Å²) in [5.74, 6) is 3.73. The number of hydrogen-bond acceptors (Lipinski definition) is 4. The standard InChI is InChI=1S/C16H21N3O2/c1-10-5-4-6-19-15(17)14(18-16(10)19)11-7-12(20-2)9-13(8-11)21-3/h7-10H,4-6,17H2,1-3H3. The van der Waals surface area contributed by atoms with Gasteiger partial charge in [0.1, 0.15) is 28.8 Å². The predicted octanol–water partition coefficient (Wildman–Crippen LogP) is 3.05. The Kier molecular flexibility index (Phi) is 3.49. The van der Waals surface area contributed by atoms with Crippen LogP contribution in [0.3, 0.4) is 0 Å². The summed E-state index contributed by atoms with van der Waals surface area (Å²) in [6, 6.07) is 5.73. The van der Waals surface area contributed by atoms with Crippen molar-refractivity contribution in [3.63, 3.8) is 0 Å². The third-order valence-electron chi connectivity index (χ3n) is 4.12. The zero-order chi connectivity index (χ0) is 15.0. The van der Waals surface area contributed by atoms with Gasteiger partial charge in [-0.1, -0.05) is 6.92 Å². The molecule has 21 heavy (non-hydrogen) atoms. The highest BCUT2D eigenvalue weighted by Gasteiger charge is 2.24. The molecule has 1 unspecified atom stereocenters. The van der Waals surface area contributed by atoms with E-state index in [0.717, 1.165) is 53.8 Å². The number of imidazole rings is 1. The van der Waals surface area contributed by atoms with E-state index in [4.69, 9.17) is 20.2 Å². The average molecular weight is 287 g/mol. The molecule has 5 heteroatoms. The Morgan fingerprint density at radius 2 is 1.86 bits per heavy atom. The maximum atomic E-state index is 6.32. The Morgan fingerprint density at radius 1 is 1.19 bits per heavy atom. The summed E-state index contributed by atoms with van der Waals surface area (Å²) < 4.78 is 12.8. The van der Waals surface area contributed by atoms with Crippen LogP contribution in [-0.2, 0) is 6.54 Å². The Labute approximate surface area is 124 Å². The molecule has 2 N–H and O–H groups in total. The zero-order valence-electron chi connectivity index (χ0n) is 12.7. The molecular weight excluding hydrogens is 266 g/mol. The minimum atomic E-state index is 0.447. The van der Waals surface area contributed by atoms with Crippen molar-refractivity contribution in [1.29, 1.82) is 0 Å². The number of hydrogen-bond donors (Lipinski definition) is 1. The van der Waals surface area contributed by atoms with Gasteiger partial charge >= 0.3 is 0 Å². The minimum Gasteiger partial charge on any atom is -0.497 e. The molecule has 112 valence electrons. The van der Waals surface area contributed by atoms with E-state index in [2.05, 4.69) is 11.5 Å². The molecule has 0 fully saturated rings. The number of ether oxygens (including phenoxy) is 2. The third kappa shape index (κ3) is 2.33. The Balaban J connectivity index is 2.12. The Bertz CT molecular complexity index is 642. The lowest BCUT2D eigenvalue weighted by Gasteiger charge is -2.20. The van der Waals surface area contributed by atoms with E-state index in [-0.39, 0.29) is 0 Å². The first-order chi connectivity index (χ1) is 10.1. The molecule has 1 aliphatic heterocycles. The van der Waals surface area contributed by atoms with Gasteiger partial charge in [0.2, 0.25) is 0 Å². The molecule has 0 spiro atoms. The highest BCUT2D eigenvalue weighted by atomic mass is 16.5. The van der Waals surface area contributed by atoms with E-state index >= 15 is 0 Å². The van der Waals surface area contributed by atoms with E-state index in [1.54, 1.807) is 14.2 Å². The highest BCUT2D eigenvalue weighted by molar-refractivity contribution is 5.73. The van der Waals surface area contributed by atoms with Crippen LogP contribution in [0.4, 0.5) is 5.82 Å². The van der Waals surface area contributed by atoms with Gasteiger partial charge in [0, 0.05) is 24.1 Å². The van der Waals surface area contributed by atoms with Crippen molar-refractivity contribution in [3.05, 3.63) is 24.0 Å². The van der Waals surface area contributed by atoms with Crippen molar-refractivity contribution < 1.29 is 9.47 Å². The lowest BCUT2D eigenvalue weighted by atomic mass is 10.0. The van der Waals surface area contributed by atoms with Gasteiger partial charge in [-0.3, -0.25) is 0 Å². The second-order valence-corrected chi connectivity index (χ2v) is 5.50. The molecule has 3 rings (SSSR count). The quantitative estimate of drug-likeness (QED) is 0.942. The molecule has 1 aromatic carbocycles. The lowest BCUT2D eigenvalue weighted by Crippen LogP contribution is -2.15. The molecule has 0 saturated carbocycles. The molecular formula is C16H21N3O2. The predicted molar refractivity (Wildman–Crippen MR) is 82.8 cm³/mol. The number of nitrogens with two attached hydrogens (primary N) is 1. The topological polar surface area (TPSA) is 62.3 Å². The molecule has 2 heterocycles. The van der Waals surface area contributed by atoms with Crippen molar-refractivity contribution in [2.75, 3.05) is 20.0 Å². The molecule has 0 amide bonds. The summed E-state index contributed by atoms with van der Waals surface area (Å²) in [5, 5.41) is 0. The van der Waals surface area contributed by atoms with Gasteiger partial charge < -0.3 is 19.8 Å². The second-order valence-electron chi connectivity index (χ2n) is 5.50. The summed E-state index contributed by atoms with van der Waals surface area (Å²) in [5.41, 5.74) is 8.06. The maximum absolute atomic E-state index is 6.32. The van der Waals surface area contributed by atoms with Gasteiger partial charge in [0.05, 0.1) is 14.2 Å². The summed E-state index contributed by atoms with van der Waals surface area (Å²) in [4.78, 5) is 4.78. The minimum absolute atomic E-state index is 0.447. The highest BCUT2D eigenvalue weighted by Crippen LogP contribution is 2.37. The average Bonchev–Trinajstić information content (AvgIpc) is 2.85. The number of methoxy groups -OCH3 is 2. The number of nitrogen functional groups attached to an aromatic ring is 1. The van der Waals surface area contributed by atoms with Crippen LogP contribution in [0.2, 0.25) is 0 Å². The van der Waals surface area contributed by atoms with Gasteiger partial charge in [0.15, 0.2) is 0 Å². The van der Waals surface area contributed by atoms with E-state index < -0.39 is 0 Å². The fraction of sp³-hybridized carbons (Fsp3) is 0.438. The van der Waals surface area contributed by atoms with Crippen LogP contribution in [0.25, 0.3) is 11.3 Å². The maximum Gasteiger partial charge on any atom is 0.131 e. The summed E-state index contributed by atoms with van der Waals surface area (Å²) in [6.45, 7) is 3.15. The zero-order valence-corrected chi connectivity index (χ0v) is 12.7. The summed E-state index contributed by atoms with van der Waals surface area (Å²) in [7, 11) is 3.28. The molecule has 0 saturated heterocycles. The van der Waals surface area contributed by atoms with Crippen LogP contribution >= 0.6 is 0 Å². The number of anilines is 1. The molecule has 0 bridgehead atoms. The van der Waals surface area contributed by atoms with Crippen molar-refractivity contribution in [1.82, 2.24) is 9.55 Å². The van der Waals surface area contributed by atoms with E-state index in [1.807, 2.05) is 18.2 Å². The van der Waals surface area contributed by atoms with Crippen LogP contribution in [0.15, 0.2) is 18.2 Å². The van der Waals surface area contributed by atoms with Gasteiger partial charge in [-0.25, -0.2) is 4.98 Å². The molecule has 1 aliphatic rings. The SMILES string of the molecule is COc1cc(OC)cc(-c2nc3n(c2N)CCCC3C)c1. The van der Waals surface area contributed by atoms with Crippen LogP contribution in [0.1, 0.15) is 31.5 Å². The number of rotatable bonds is 3. The largest absolute Gasteiger partial charge is 0.497 e.